The highest BCUT2D eigenvalue weighted by Gasteiger charge is 2.11. The molecule has 0 saturated carbocycles. The number of aromatic nitrogens is 2. The minimum Gasteiger partial charge on any atom is -0.347 e. The Morgan fingerprint density at radius 1 is 1.24 bits per heavy atom. The van der Waals surface area contributed by atoms with Gasteiger partial charge in [0, 0.05) is 12.4 Å². The maximum absolute atomic E-state index is 4.30. The molecular formula is C14H19N3. The lowest BCUT2D eigenvalue weighted by Gasteiger charge is -2.13. The Bertz CT molecular complexity index is 431. The number of hydrogen-bond donors (Lipinski definition) is 2. The minimum absolute atomic E-state index is 0.248. The minimum atomic E-state index is 0.248. The molecule has 90 valence electrons. The lowest BCUT2D eigenvalue weighted by Crippen LogP contribution is -2.20. The molecule has 0 radical (unpaired) electrons. The lowest BCUT2D eigenvalue weighted by molar-refractivity contribution is 0.563. The van der Waals surface area contributed by atoms with Gasteiger partial charge in [0.25, 0.3) is 0 Å². The van der Waals surface area contributed by atoms with Crippen LogP contribution in [-0.2, 0) is 12.8 Å². The van der Waals surface area contributed by atoms with Crippen molar-refractivity contribution in [2.75, 3.05) is 7.05 Å². The molecule has 1 aromatic heterocycles. The Balaban J connectivity index is 2.07. The summed E-state index contributed by atoms with van der Waals surface area (Å²) in [6, 6.07) is 9.05. The molecule has 0 amide bonds. The second-order valence-corrected chi connectivity index (χ2v) is 4.19. The number of nitrogens with one attached hydrogen (secondary N) is 2. The molecule has 1 heterocycles. The molecule has 1 atom stereocenters. The van der Waals surface area contributed by atoms with Gasteiger partial charge in [-0.25, -0.2) is 4.98 Å². The van der Waals surface area contributed by atoms with Crippen molar-refractivity contribution in [2.45, 2.75) is 25.8 Å². The summed E-state index contributed by atoms with van der Waals surface area (Å²) in [4.78, 5) is 7.46. The van der Waals surface area contributed by atoms with Crippen LogP contribution in [0, 0.1) is 0 Å². The van der Waals surface area contributed by atoms with E-state index in [1.807, 2.05) is 13.2 Å². The summed E-state index contributed by atoms with van der Waals surface area (Å²) in [6.07, 6.45) is 5.70. The number of hydrogen-bond acceptors (Lipinski definition) is 2. The number of aromatic amines is 1. The Morgan fingerprint density at radius 2 is 1.94 bits per heavy atom. The summed E-state index contributed by atoms with van der Waals surface area (Å²) < 4.78 is 0. The van der Waals surface area contributed by atoms with Crippen LogP contribution in [0.5, 0.6) is 0 Å². The van der Waals surface area contributed by atoms with E-state index < -0.39 is 0 Å². The molecule has 0 bridgehead atoms. The topological polar surface area (TPSA) is 40.7 Å². The fraction of sp³-hybridized carbons (Fsp3) is 0.357. The summed E-state index contributed by atoms with van der Waals surface area (Å²) in [6.45, 7) is 2.17. The molecule has 0 spiro atoms. The van der Waals surface area contributed by atoms with Gasteiger partial charge in [-0.2, -0.15) is 0 Å². The van der Waals surface area contributed by atoms with Gasteiger partial charge in [0.2, 0.25) is 0 Å². The van der Waals surface area contributed by atoms with Crippen molar-refractivity contribution >= 4 is 0 Å². The number of benzene rings is 1. The summed E-state index contributed by atoms with van der Waals surface area (Å²) in [5, 5.41) is 3.29. The normalized spacial score (nSPS) is 12.6. The van der Waals surface area contributed by atoms with Crippen LogP contribution in [-0.4, -0.2) is 17.0 Å². The molecule has 2 N–H and O–H groups in total. The molecule has 2 rings (SSSR count). The lowest BCUT2D eigenvalue weighted by atomic mass is 10.0. The van der Waals surface area contributed by atoms with Crippen molar-refractivity contribution in [3.8, 4) is 0 Å². The van der Waals surface area contributed by atoms with Crippen LogP contribution in [0.3, 0.4) is 0 Å². The Kier molecular flexibility index (Phi) is 3.94. The van der Waals surface area contributed by atoms with Crippen molar-refractivity contribution in [1.82, 2.24) is 15.3 Å². The third-order valence-electron chi connectivity index (χ3n) is 3.07. The van der Waals surface area contributed by atoms with Crippen LogP contribution in [0.1, 0.15) is 29.9 Å². The van der Waals surface area contributed by atoms with E-state index in [0.29, 0.717) is 0 Å². The predicted octanol–water partition coefficient (Wildman–Crippen LogP) is 2.48. The summed E-state index contributed by atoms with van der Waals surface area (Å²) in [5.41, 5.74) is 2.71. The Morgan fingerprint density at radius 3 is 2.47 bits per heavy atom. The van der Waals surface area contributed by atoms with Gasteiger partial charge in [-0.1, -0.05) is 31.2 Å². The van der Waals surface area contributed by atoms with Gasteiger partial charge in [-0.15, -0.1) is 0 Å². The van der Waals surface area contributed by atoms with E-state index in [4.69, 9.17) is 0 Å². The molecule has 1 aromatic carbocycles. The molecule has 3 heteroatoms. The zero-order valence-electron chi connectivity index (χ0n) is 10.4. The molecule has 1 unspecified atom stereocenters. The monoisotopic (exact) mass is 229 g/mol. The van der Waals surface area contributed by atoms with Gasteiger partial charge in [-0.3, -0.25) is 0 Å². The number of rotatable bonds is 5. The first-order chi connectivity index (χ1) is 8.33. The number of H-pyrrole nitrogens is 1. The first kappa shape index (κ1) is 11.9. The van der Waals surface area contributed by atoms with E-state index in [1.165, 1.54) is 11.1 Å². The van der Waals surface area contributed by atoms with Crippen LogP contribution in [0.2, 0.25) is 0 Å². The van der Waals surface area contributed by atoms with Gasteiger partial charge in [0.15, 0.2) is 0 Å². The van der Waals surface area contributed by atoms with Crippen molar-refractivity contribution < 1.29 is 0 Å². The highest BCUT2D eigenvalue weighted by Crippen LogP contribution is 2.15. The molecule has 0 saturated heterocycles. The standard InChI is InChI=1S/C14H19N3/c1-3-11-4-6-12(7-5-11)10-13(15-2)14-16-8-9-17-14/h4-9,13,15H,3,10H2,1-2H3,(H,16,17). The van der Waals surface area contributed by atoms with Gasteiger partial charge in [0.05, 0.1) is 6.04 Å². The Hall–Kier alpha value is -1.61. The molecular weight excluding hydrogens is 210 g/mol. The average Bonchev–Trinajstić information content (AvgIpc) is 2.90. The van der Waals surface area contributed by atoms with Gasteiger partial charge >= 0.3 is 0 Å². The van der Waals surface area contributed by atoms with E-state index in [-0.39, 0.29) is 6.04 Å². The maximum atomic E-state index is 4.30. The van der Waals surface area contributed by atoms with E-state index in [2.05, 4.69) is 46.5 Å². The number of nitrogens with zero attached hydrogens (tertiary/aromatic N) is 1. The summed E-state index contributed by atoms with van der Waals surface area (Å²) in [7, 11) is 1.97. The van der Waals surface area contributed by atoms with Crippen molar-refractivity contribution in [3.63, 3.8) is 0 Å². The third kappa shape index (κ3) is 2.94. The summed E-state index contributed by atoms with van der Waals surface area (Å²) in [5.74, 6) is 0.993. The van der Waals surface area contributed by atoms with E-state index in [1.54, 1.807) is 6.20 Å². The molecule has 0 aliphatic rings. The van der Waals surface area contributed by atoms with Gasteiger partial charge in [-0.05, 0) is 31.0 Å². The zero-order valence-corrected chi connectivity index (χ0v) is 10.4. The summed E-state index contributed by atoms with van der Waals surface area (Å²) >= 11 is 0. The highest BCUT2D eigenvalue weighted by atomic mass is 15.0. The highest BCUT2D eigenvalue weighted by molar-refractivity contribution is 5.23. The van der Waals surface area contributed by atoms with Crippen LogP contribution >= 0.6 is 0 Å². The average molecular weight is 229 g/mol. The fourth-order valence-corrected chi connectivity index (χ4v) is 1.95. The molecule has 0 aliphatic carbocycles. The molecule has 0 aliphatic heterocycles. The van der Waals surface area contributed by atoms with Crippen LogP contribution in [0.4, 0.5) is 0 Å². The second kappa shape index (κ2) is 5.64. The van der Waals surface area contributed by atoms with E-state index in [0.717, 1.165) is 18.7 Å². The second-order valence-electron chi connectivity index (χ2n) is 4.19. The zero-order chi connectivity index (χ0) is 12.1. The molecule has 2 aromatic rings. The van der Waals surface area contributed by atoms with E-state index >= 15 is 0 Å². The van der Waals surface area contributed by atoms with Gasteiger partial charge in [0.1, 0.15) is 5.82 Å². The quantitative estimate of drug-likeness (QED) is 0.827. The molecule has 0 fully saturated rings. The number of aryl methyl sites for hydroxylation is 1. The fourth-order valence-electron chi connectivity index (χ4n) is 1.95. The third-order valence-corrected chi connectivity index (χ3v) is 3.07. The smallest absolute Gasteiger partial charge is 0.123 e. The van der Waals surface area contributed by atoms with E-state index in [9.17, 15) is 0 Å². The molecule has 3 nitrogen and oxygen atoms in total. The van der Waals surface area contributed by atoms with Crippen LogP contribution in [0.15, 0.2) is 36.7 Å². The van der Waals surface area contributed by atoms with Crippen molar-refractivity contribution in [1.29, 1.82) is 0 Å². The van der Waals surface area contributed by atoms with Crippen molar-refractivity contribution in [3.05, 3.63) is 53.6 Å². The molecule has 17 heavy (non-hydrogen) atoms. The largest absolute Gasteiger partial charge is 0.347 e. The van der Waals surface area contributed by atoms with Crippen molar-refractivity contribution in [2.24, 2.45) is 0 Å². The predicted molar refractivity (Wildman–Crippen MR) is 69.9 cm³/mol. The Labute approximate surface area is 102 Å². The van der Waals surface area contributed by atoms with Crippen LogP contribution in [0.25, 0.3) is 0 Å². The van der Waals surface area contributed by atoms with Gasteiger partial charge < -0.3 is 10.3 Å². The number of likely N-dealkylation sites (N-methyl/N-ethyl adjacent to an activating group) is 1. The SMILES string of the molecule is CCc1ccc(CC(NC)c2ncc[nH]2)cc1. The first-order valence-corrected chi connectivity index (χ1v) is 6.07. The maximum Gasteiger partial charge on any atom is 0.123 e. The first-order valence-electron chi connectivity index (χ1n) is 6.07. The number of imidazole rings is 1. The van der Waals surface area contributed by atoms with Crippen LogP contribution < -0.4 is 5.32 Å².